The third kappa shape index (κ3) is 2.93. The van der Waals surface area contributed by atoms with Crippen molar-refractivity contribution in [3.63, 3.8) is 0 Å². The van der Waals surface area contributed by atoms with Crippen LogP contribution < -0.4 is 11.1 Å². The highest BCUT2D eigenvalue weighted by atomic mass is 16.3. The van der Waals surface area contributed by atoms with Crippen molar-refractivity contribution in [2.24, 2.45) is 5.73 Å². The second-order valence-corrected chi connectivity index (χ2v) is 6.45. The number of nitrogens with two attached hydrogens (primary N) is 1. The van der Waals surface area contributed by atoms with Crippen LogP contribution in [0, 0.1) is 0 Å². The number of phenols is 1. The Hall–Kier alpha value is -3.18. The highest BCUT2D eigenvalue weighted by Crippen LogP contribution is 2.36. The molecule has 0 aliphatic carbocycles. The van der Waals surface area contributed by atoms with Crippen molar-refractivity contribution in [3.8, 4) is 17.1 Å². The molecule has 1 atom stereocenters. The van der Waals surface area contributed by atoms with Crippen molar-refractivity contribution in [2.45, 2.75) is 13.0 Å². The average Bonchev–Trinajstić information content (AvgIpc) is 2.65. The molecule has 1 aromatic heterocycles. The molecule has 0 radical (unpaired) electrons. The summed E-state index contributed by atoms with van der Waals surface area (Å²) in [5.41, 5.74) is 7.34. The molecule has 4 aromatic rings. The van der Waals surface area contributed by atoms with E-state index in [2.05, 4.69) is 5.32 Å². The lowest BCUT2D eigenvalue weighted by molar-refractivity contribution is 0.477. The molecular formula is C21H20N4O. The monoisotopic (exact) mass is 344 g/mol. The molecule has 130 valence electrons. The van der Waals surface area contributed by atoms with Crippen LogP contribution in [-0.2, 0) is 0 Å². The van der Waals surface area contributed by atoms with E-state index in [1.165, 1.54) is 0 Å². The summed E-state index contributed by atoms with van der Waals surface area (Å²) in [5.74, 6) is 1.37. The van der Waals surface area contributed by atoms with Gasteiger partial charge in [-0.25, -0.2) is 9.97 Å². The number of nitrogens with one attached hydrogen (secondary N) is 1. The van der Waals surface area contributed by atoms with Crippen molar-refractivity contribution >= 4 is 27.5 Å². The molecular weight excluding hydrogens is 324 g/mol. The Balaban J connectivity index is 1.97. The van der Waals surface area contributed by atoms with E-state index in [0.29, 0.717) is 17.9 Å². The molecule has 0 saturated carbocycles. The molecule has 5 nitrogen and oxygen atoms in total. The van der Waals surface area contributed by atoms with E-state index < -0.39 is 0 Å². The van der Waals surface area contributed by atoms with E-state index in [4.69, 9.17) is 15.7 Å². The zero-order chi connectivity index (χ0) is 18.1. The number of fused-ring (bicyclic) bond motifs is 2. The maximum Gasteiger partial charge on any atom is 0.166 e. The fourth-order valence-corrected chi connectivity index (χ4v) is 3.08. The molecule has 0 spiro atoms. The fourth-order valence-electron chi connectivity index (χ4n) is 3.08. The zero-order valence-electron chi connectivity index (χ0n) is 14.5. The van der Waals surface area contributed by atoms with Gasteiger partial charge in [0.15, 0.2) is 5.82 Å². The Kier molecular flexibility index (Phi) is 4.14. The summed E-state index contributed by atoms with van der Waals surface area (Å²) in [7, 11) is 0. The maximum absolute atomic E-state index is 10.5. The van der Waals surface area contributed by atoms with Crippen molar-refractivity contribution < 1.29 is 5.11 Å². The van der Waals surface area contributed by atoms with Gasteiger partial charge in [0.2, 0.25) is 0 Å². The lowest BCUT2D eigenvalue weighted by atomic mass is 10.0. The number of rotatable bonds is 4. The van der Waals surface area contributed by atoms with Gasteiger partial charge in [-0.05, 0) is 35.9 Å². The van der Waals surface area contributed by atoms with Gasteiger partial charge >= 0.3 is 0 Å². The van der Waals surface area contributed by atoms with Crippen LogP contribution in [0.4, 0.5) is 5.82 Å². The van der Waals surface area contributed by atoms with Gasteiger partial charge in [-0.1, -0.05) is 42.5 Å². The number of nitrogens with zero attached hydrogens (tertiary/aromatic N) is 2. The van der Waals surface area contributed by atoms with Crippen LogP contribution in [0.2, 0.25) is 0 Å². The van der Waals surface area contributed by atoms with Crippen molar-refractivity contribution in [1.82, 2.24) is 9.97 Å². The number of para-hydroxylation sites is 1. The Morgan fingerprint density at radius 3 is 2.50 bits per heavy atom. The summed E-state index contributed by atoms with van der Waals surface area (Å²) in [4.78, 5) is 9.42. The van der Waals surface area contributed by atoms with E-state index in [0.717, 1.165) is 27.5 Å². The van der Waals surface area contributed by atoms with Crippen LogP contribution in [0.3, 0.4) is 0 Å². The fraction of sp³-hybridized carbons (Fsp3) is 0.143. The summed E-state index contributed by atoms with van der Waals surface area (Å²) in [6.45, 7) is 2.54. The van der Waals surface area contributed by atoms with E-state index in [1.54, 1.807) is 6.07 Å². The van der Waals surface area contributed by atoms with E-state index in [1.807, 2.05) is 61.5 Å². The molecule has 4 N–H and O–H groups in total. The molecule has 0 fully saturated rings. The predicted molar refractivity (Wildman–Crippen MR) is 106 cm³/mol. The topological polar surface area (TPSA) is 84.1 Å². The highest BCUT2D eigenvalue weighted by molar-refractivity contribution is 6.00. The number of hydrogen-bond donors (Lipinski definition) is 3. The lowest BCUT2D eigenvalue weighted by Crippen LogP contribution is -2.25. The minimum atomic E-state index is -0.00173. The third-order valence-corrected chi connectivity index (χ3v) is 4.33. The van der Waals surface area contributed by atoms with Crippen LogP contribution in [0.5, 0.6) is 5.75 Å². The van der Waals surface area contributed by atoms with Gasteiger partial charge in [-0.15, -0.1) is 0 Å². The van der Waals surface area contributed by atoms with Gasteiger partial charge in [0.05, 0.1) is 11.1 Å². The van der Waals surface area contributed by atoms with Gasteiger partial charge in [0.25, 0.3) is 0 Å². The number of anilines is 1. The lowest BCUT2D eigenvalue weighted by Gasteiger charge is -2.14. The van der Waals surface area contributed by atoms with Crippen LogP contribution in [0.15, 0.2) is 60.7 Å². The Labute approximate surface area is 151 Å². The molecule has 1 heterocycles. The van der Waals surface area contributed by atoms with Crippen LogP contribution >= 0.6 is 0 Å². The Morgan fingerprint density at radius 1 is 0.962 bits per heavy atom. The Morgan fingerprint density at radius 2 is 1.69 bits per heavy atom. The minimum absolute atomic E-state index is 0.00173. The predicted octanol–water partition coefficient (Wildman–Crippen LogP) is 3.91. The maximum atomic E-state index is 10.5. The second-order valence-electron chi connectivity index (χ2n) is 6.45. The zero-order valence-corrected chi connectivity index (χ0v) is 14.5. The van der Waals surface area contributed by atoms with Crippen LogP contribution in [0.1, 0.15) is 6.92 Å². The van der Waals surface area contributed by atoms with Crippen LogP contribution in [0.25, 0.3) is 33.1 Å². The molecule has 3 aromatic carbocycles. The van der Waals surface area contributed by atoms with Crippen molar-refractivity contribution in [3.05, 3.63) is 60.7 Å². The minimum Gasteiger partial charge on any atom is -0.507 e. The molecule has 1 unspecified atom stereocenters. The van der Waals surface area contributed by atoms with E-state index in [-0.39, 0.29) is 11.8 Å². The van der Waals surface area contributed by atoms with Crippen molar-refractivity contribution in [1.29, 1.82) is 0 Å². The first-order valence-electron chi connectivity index (χ1n) is 8.61. The molecule has 5 heteroatoms. The molecule has 0 aliphatic heterocycles. The molecule has 0 saturated heterocycles. The number of hydrogen-bond acceptors (Lipinski definition) is 5. The second kappa shape index (κ2) is 6.61. The SMILES string of the molecule is CC(N)CNc1nc(-c2c(O)ccc3ccccc23)nc2ccccc12. The summed E-state index contributed by atoms with van der Waals surface area (Å²) < 4.78 is 0. The quantitative estimate of drug-likeness (QED) is 0.523. The molecule has 0 bridgehead atoms. The summed E-state index contributed by atoms with van der Waals surface area (Å²) in [6, 6.07) is 19.3. The normalized spacial score (nSPS) is 12.4. The molecule has 0 amide bonds. The van der Waals surface area contributed by atoms with Gasteiger partial charge in [-0.2, -0.15) is 0 Å². The van der Waals surface area contributed by atoms with Crippen LogP contribution in [-0.4, -0.2) is 27.7 Å². The highest BCUT2D eigenvalue weighted by Gasteiger charge is 2.15. The summed E-state index contributed by atoms with van der Waals surface area (Å²) >= 11 is 0. The smallest absolute Gasteiger partial charge is 0.166 e. The first-order valence-corrected chi connectivity index (χ1v) is 8.61. The number of phenolic OH excluding ortho intramolecular Hbond substituents is 1. The van der Waals surface area contributed by atoms with E-state index in [9.17, 15) is 5.11 Å². The van der Waals surface area contributed by atoms with Gasteiger partial charge < -0.3 is 16.2 Å². The van der Waals surface area contributed by atoms with Gasteiger partial charge in [0.1, 0.15) is 11.6 Å². The average molecular weight is 344 g/mol. The van der Waals surface area contributed by atoms with Gasteiger partial charge in [0, 0.05) is 18.0 Å². The summed E-state index contributed by atoms with van der Waals surface area (Å²) in [5, 5.41) is 16.7. The van der Waals surface area contributed by atoms with Gasteiger partial charge in [-0.3, -0.25) is 0 Å². The van der Waals surface area contributed by atoms with Crippen molar-refractivity contribution in [2.75, 3.05) is 11.9 Å². The number of benzene rings is 3. The number of aromatic hydroxyl groups is 1. The first-order chi connectivity index (χ1) is 12.6. The third-order valence-electron chi connectivity index (χ3n) is 4.33. The standard InChI is InChI=1S/C21H20N4O/c1-13(22)12-23-20-16-8-4-5-9-17(16)24-21(25-20)19-15-7-3-2-6-14(15)10-11-18(19)26/h2-11,13,26H,12,22H2,1H3,(H,23,24,25). The molecule has 0 aliphatic rings. The first kappa shape index (κ1) is 16.3. The largest absolute Gasteiger partial charge is 0.507 e. The summed E-state index contributed by atoms with van der Waals surface area (Å²) in [6.07, 6.45) is 0. The molecule has 4 rings (SSSR count). The Bertz CT molecular complexity index is 1090. The number of aromatic nitrogens is 2. The van der Waals surface area contributed by atoms with E-state index >= 15 is 0 Å². The molecule has 26 heavy (non-hydrogen) atoms.